The molecule has 1 unspecified atom stereocenters. The SMILES string of the molecule is C/C(=C/Cc1c(O)c(Cl)c(C)c(C=O)c1O)CC/C=C(/C)C1C[C@H](O)C(C)(C)O1. The molecular formula is C23H31ClO5. The number of ether oxygens (including phenoxy) is 1. The lowest BCUT2D eigenvalue weighted by Crippen LogP contribution is -2.31. The minimum absolute atomic E-state index is 0.0605. The molecule has 0 radical (unpaired) electrons. The molecule has 2 rings (SSSR count). The Morgan fingerprint density at radius 2 is 1.90 bits per heavy atom. The van der Waals surface area contributed by atoms with Crippen molar-refractivity contribution in [2.45, 2.75) is 78.1 Å². The number of phenols is 2. The molecule has 1 heterocycles. The first-order valence-corrected chi connectivity index (χ1v) is 10.2. The molecule has 0 aliphatic carbocycles. The van der Waals surface area contributed by atoms with Gasteiger partial charge in [-0.2, -0.15) is 0 Å². The highest BCUT2D eigenvalue weighted by Crippen LogP contribution is 2.40. The number of phenolic OH excluding ortho intramolecular Hbond substituents is 2. The Morgan fingerprint density at radius 1 is 1.24 bits per heavy atom. The number of rotatable bonds is 7. The minimum Gasteiger partial charge on any atom is -0.507 e. The molecule has 1 saturated heterocycles. The maximum Gasteiger partial charge on any atom is 0.154 e. The molecule has 3 N–H and O–H groups in total. The van der Waals surface area contributed by atoms with Gasteiger partial charge in [-0.3, -0.25) is 4.79 Å². The van der Waals surface area contributed by atoms with Crippen molar-refractivity contribution in [3.63, 3.8) is 0 Å². The van der Waals surface area contributed by atoms with Gasteiger partial charge in [0.05, 0.1) is 28.4 Å². The van der Waals surface area contributed by atoms with Crippen LogP contribution in [0.3, 0.4) is 0 Å². The van der Waals surface area contributed by atoms with Gasteiger partial charge >= 0.3 is 0 Å². The van der Waals surface area contributed by atoms with E-state index >= 15 is 0 Å². The number of hydrogen-bond acceptors (Lipinski definition) is 5. The topological polar surface area (TPSA) is 87.0 Å². The maximum absolute atomic E-state index is 11.2. The van der Waals surface area contributed by atoms with Crippen molar-refractivity contribution in [2.24, 2.45) is 0 Å². The zero-order chi connectivity index (χ0) is 21.9. The van der Waals surface area contributed by atoms with Gasteiger partial charge < -0.3 is 20.1 Å². The molecular weight excluding hydrogens is 392 g/mol. The Kier molecular flexibility index (Phi) is 7.55. The number of allylic oxidation sites excluding steroid dienone is 3. The first-order chi connectivity index (χ1) is 13.5. The van der Waals surface area contributed by atoms with Gasteiger partial charge in [0.1, 0.15) is 11.5 Å². The Bertz CT molecular complexity index is 838. The van der Waals surface area contributed by atoms with E-state index in [4.69, 9.17) is 16.3 Å². The van der Waals surface area contributed by atoms with Crippen LogP contribution in [0.5, 0.6) is 11.5 Å². The summed E-state index contributed by atoms with van der Waals surface area (Å²) in [6, 6.07) is 0. The Labute approximate surface area is 177 Å². The zero-order valence-electron chi connectivity index (χ0n) is 17.8. The molecule has 0 aromatic heterocycles. The number of carbonyl (C=O) groups is 1. The van der Waals surface area contributed by atoms with Crippen LogP contribution >= 0.6 is 11.6 Å². The van der Waals surface area contributed by atoms with Crippen molar-refractivity contribution in [1.29, 1.82) is 0 Å². The van der Waals surface area contributed by atoms with Crippen LogP contribution in [0.25, 0.3) is 0 Å². The molecule has 5 nitrogen and oxygen atoms in total. The molecule has 1 aliphatic heterocycles. The van der Waals surface area contributed by atoms with Crippen molar-refractivity contribution in [3.05, 3.63) is 45.0 Å². The van der Waals surface area contributed by atoms with E-state index in [1.54, 1.807) is 6.92 Å². The van der Waals surface area contributed by atoms with E-state index in [1.165, 1.54) is 0 Å². The third kappa shape index (κ3) is 5.21. The van der Waals surface area contributed by atoms with E-state index in [1.807, 2.05) is 33.8 Å². The van der Waals surface area contributed by atoms with Crippen molar-refractivity contribution >= 4 is 17.9 Å². The fourth-order valence-electron chi connectivity index (χ4n) is 3.51. The normalized spacial score (nSPS) is 22.2. The first-order valence-electron chi connectivity index (χ1n) is 9.85. The van der Waals surface area contributed by atoms with Crippen LogP contribution in [-0.2, 0) is 11.2 Å². The molecule has 1 aromatic carbocycles. The summed E-state index contributed by atoms with van der Waals surface area (Å²) < 4.78 is 5.93. The van der Waals surface area contributed by atoms with Gasteiger partial charge in [0.15, 0.2) is 6.29 Å². The zero-order valence-corrected chi connectivity index (χ0v) is 18.5. The molecule has 29 heavy (non-hydrogen) atoms. The van der Waals surface area contributed by atoms with Crippen LogP contribution in [0.1, 0.15) is 68.4 Å². The molecule has 0 spiro atoms. The fourth-order valence-corrected chi connectivity index (χ4v) is 3.73. The number of halogens is 1. The van der Waals surface area contributed by atoms with Gasteiger partial charge in [-0.25, -0.2) is 0 Å². The molecule has 0 amide bonds. The van der Waals surface area contributed by atoms with Crippen LogP contribution in [0.2, 0.25) is 5.02 Å². The molecule has 1 aliphatic rings. The monoisotopic (exact) mass is 422 g/mol. The van der Waals surface area contributed by atoms with Gasteiger partial charge in [0.25, 0.3) is 0 Å². The van der Waals surface area contributed by atoms with Crippen LogP contribution in [0.4, 0.5) is 0 Å². The fraction of sp³-hybridized carbons (Fsp3) is 0.522. The van der Waals surface area contributed by atoms with E-state index in [2.05, 4.69) is 6.08 Å². The van der Waals surface area contributed by atoms with E-state index in [9.17, 15) is 20.1 Å². The Morgan fingerprint density at radius 3 is 2.45 bits per heavy atom. The number of aromatic hydroxyl groups is 2. The number of carbonyl (C=O) groups excluding carboxylic acids is 1. The molecule has 1 fully saturated rings. The third-order valence-corrected chi connectivity index (χ3v) is 6.20. The largest absolute Gasteiger partial charge is 0.507 e. The van der Waals surface area contributed by atoms with Gasteiger partial charge in [0, 0.05) is 12.0 Å². The predicted octanol–water partition coefficient (Wildman–Crippen LogP) is 5.02. The van der Waals surface area contributed by atoms with Crippen LogP contribution in [0.15, 0.2) is 23.3 Å². The summed E-state index contributed by atoms with van der Waals surface area (Å²) in [5.74, 6) is -0.412. The van der Waals surface area contributed by atoms with Gasteiger partial charge in [-0.1, -0.05) is 29.3 Å². The van der Waals surface area contributed by atoms with Crippen molar-refractivity contribution in [3.8, 4) is 11.5 Å². The maximum atomic E-state index is 11.2. The van der Waals surface area contributed by atoms with Crippen LogP contribution in [-0.4, -0.2) is 39.4 Å². The lowest BCUT2D eigenvalue weighted by atomic mass is 9.98. The van der Waals surface area contributed by atoms with Crippen molar-refractivity contribution in [2.75, 3.05) is 0 Å². The predicted molar refractivity (Wildman–Crippen MR) is 115 cm³/mol. The summed E-state index contributed by atoms with van der Waals surface area (Å²) >= 11 is 6.09. The highest BCUT2D eigenvalue weighted by atomic mass is 35.5. The standard InChI is InChI=1S/C23H31ClO5/c1-13(7-6-8-14(2)18-11-19(26)23(4,5)29-18)9-10-16-21(27)17(12-25)15(3)20(24)22(16)28/h8-9,12,18-19,26-28H,6-7,10-11H2,1-5H3/b13-9-,14-8-/t18?,19-/m0/s1. The number of aldehydes is 1. The lowest BCUT2D eigenvalue weighted by Gasteiger charge is -2.22. The van der Waals surface area contributed by atoms with Crippen molar-refractivity contribution in [1.82, 2.24) is 0 Å². The second-order valence-electron chi connectivity index (χ2n) is 8.35. The van der Waals surface area contributed by atoms with E-state index in [-0.39, 0.29) is 40.2 Å². The summed E-state index contributed by atoms with van der Waals surface area (Å²) in [6.07, 6.45) is 6.57. The third-order valence-electron chi connectivity index (χ3n) is 5.74. The average molecular weight is 423 g/mol. The number of benzene rings is 1. The summed E-state index contributed by atoms with van der Waals surface area (Å²) in [5.41, 5.74) is 2.40. The Hall–Kier alpha value is -1.82. The minimum atomic E-state index is -0.519. The smallest absolute Gasteiger partial charge is 0.154 e. The second-order valence-corrected chi connectivity index (χ2v) is 8.73. The summed E-state index contributed by atoms with van der Waals surface area (Å²) in [5, 5.41) is 30.7. The summed E-state index contributed by atoms with van der Waals surface area (Å²) in [7, 11) is 0. The lowest BCUT2D eigenvalue weighted by molar-refractivity contribution is -0.0472. The Balaban J connectivity index is 2.02. The molecule has 6 heteroatoms. The molecule has 1 aromatic rings. The van der Waals surface area contributed by atoms with Crippen LogP contribution in [0, 0.1) is 6.92 Å². The van der Waals surface area contributed by atoms with E-state index in [0.717, 1.165) is 24.0 Å². The summed E-state index contributed by atoms with van der Waals surface area (Å²) in [6.45, 7) is 9.38. The highest BCUT2D eigenvalue weighted by molar-refractivity contribution is 6.33. The quantitative estimate of drug-likeness (QED) is 0.424. The molecule has 160 valence electrons. The molecule has 0 saturated carbocycles. The molecule has 2 atom stereocenters. The molecule has 0 bridgehead atoms. The van der Waals surface area contributed by atoms with E-state index < -0.39 is 11.7 Å². The highest BCUT2D eigenvalue weighted by Gasteiger charge is 2.40. The van der Waals surface area contributed by atoms with Crippen LogP contribution < -0.4 is 0 Å². The average Bonchev–Trinajstić information content (AvgIpc) is 2.93. The van der Waals surface area contributed by atoms with Gasteiger partial charge in [0.2, 0.25) is 0 Å². The van der Waals surface area contributed by atoms with Crippen molar-refractivity contribution < 1.29 is 24.9 Å². The number of aliphatic hydroxyl groups is 1. The van der Waals surface area contributed by atoms with Gasteiger partial charge in [-0.05, 0) is 65.0 Å². The second kappa shape index (κ2) is 9.33. The first kappa shape index (κ1) is 23.5. The van der Waals surface area contributed by atoms with Gasteiger partial charge in [-0.15, -0.1) is 0 Å². The summed E-state index contributed by atoms with van der Waals surface area (Å²) in [4.78, 5) is 11.2. The number of hydrogen-bond donors (Lipinski definition) is 3. The number of aliphatic hydroxyl groups excluding tert-OH is 1. The van der Waals surface area contributed by atoms with E-state index in [0.29, 0.717) is 18.3 Å².